The number of carbonyl (C=O) groups excluding carboxylic acids is 1. The Morgan fingerprint density at radius 3 is 2.47 bits per heavy atom. The van der Waals surface area contributed by atoms with Gasteiger partial charge in [0.15, 0.2) is 16.9 Å². The van der Waals surface area contributed by atoms with Gasteiger partial charge in [-0.3, -0.25) is 14.5 Å². The zero-order valence-electron chi connectivity index (χ0n) is 17.8. The lowest BCUT2D eigenvalue weighted by Gasteiger charge is -2.25. The Labute approximate surface area is 183 Å². The van der Waals surface area contributed by atoms with Crippen LogP contribution in [-0.2, 0) is 0 Å². The summed E-state index contributed by atoms with van der Waals surface area (Å²) >= 11 is 0. The molecule has 0 unspecified atom stereocenters. The Morgan fingerprint density at radius 2 is 1.72 bits per heavy atom. The number of fused-ring (bicyclic) bond motifs is 2. The maximum atomic E-state index is 13.6. The maximum absolute atomic E-state index is 13.6. The van der Waals surface area contributed by atoms with E-state index in [9.17, 15) is 9.59 Å². The molecule has 1 atom stereocenters. The van der Waals surface area contributed by atoms with Crippen molar-refractivity contribution in [2.45, 2.75) is 13.0 Å². The van der Waals surface area contributed by atoms with Crippen molar-refractivity contribution in [1.82, 2.24) is 4.98 Å². The van der Waals surface area contributed by atoms with E-state index >= 15 is 0 Å². The fraction of sp³-hybridized carbons (Fsp3) is 0.160. The van der Waals surface area contributed by atoms with E-state index < -0.39 is 11.9 Å². The van der Waals surface area contributed by atoms with E-state index in [0.717, 1.165) is 5.69 Å². The number of carbonyl (C=O) groups is 1. The highest BCUT2D eigenvalue weighted by Crippen LogP contribution is 2.42. The van der Waals surface area contributed by atoms with Crippen LogP contribution in [0.25, 0.3) is 11.0 Å². The van der Waals surface area contributed by atoms with Crippen LogP contribution in [0.15, 0.2) is 69.9 Å². The van der Waals surface area contributed by atoms with Crippen LogP contribution in [0.3, 0.4) is 0 Å². The number of aromatic nitrogens is 1. The van der Waals surface area contributed by atoms with E-state index in [1.807, 2.05) is 25.1 Å². The molecule has 0 saturated heterocycles. The zero-order chi connectivity index (χ0) is 22.4. The third kappa shape index (κ3) is 2.93. The quantitative estimate of drug-likeness (QED) is 0.483. The topological polar surface area (TPSA) is 81.9 Å². The van der Waals surface area contributed by atoms with Crippen LogP contribution in [0.1, 0.15) is 33.4 Å². The molecule has 1 aliphatic heterocycles. The molecule has 32 heavy (non-hydrogen) atoms. The smallest absolute Gasteiger partial charge is 0.296 e. The van der Waals surface area contributed by atoms with E-state index in [2.05, 4.69) is 4.98 Å². The lowest BCUT2D eigenvalue weighted by Crippen LogP contribution is -2.30. The molecular formula is C25H20N2O5. The largest absolute Gasteiger partial charge is 0.493 e. The van der Waals surface area contributed by atoms with E-state index in [1.54, 1.807) is 49.6 Å². The van der Waals surface area contributed by atoms with Crippen LogP contribution in [-0.4, -0.2) is 25.1 Å². The van der Waals surface area contributed by atoms with Gasteiger partial charge in [0.1, 0.15) is 11.4 Å². The van der Waals surface area contributed by atoms with Crippen LogP contribution in [0.5, 0.6) is 11.5 Å². The minimum Gasteiger partial charge on any atom is -0.493 e. The second-order valence-corrected chi connectivity index (χ2v) is 7.50. The number of hydrogen-bond donors (Lipinski definition) is 0. The number of methoxy groups -OCH3 is 2. The highest BCUT2D eigenvalue weighted by Gasteiger charge is 2.44. The summed E-state index contributed by atoms with van der Waals surface area (Å²) in [4.78, 5) is 33.2. The van der Waals surface area contributed by atoms with E-state index in [1.165, 1.54) is 12.0 Å². The SMILES string of the molecule is COc1ccc([C@@H]2c3c(oc4ccccc4c3=O)C(=O)N2c2cccc(C)n2)cc1OC. The number of anilines is 1. The highest BCUT2D eigenvalue weighted by molar-refractivity contribution is 6.10. The minimum absolute atomic E-state index is 0.0248. The Kier molecular flexibility index (Phi) is 4.66. The Morgan fingerprint density at radius 1 is 0.938 bits per heavy atom. The normalized spacial score (nSPS) is 15.2. The Bertz CT molecular complexity index is 1430. The lowest BCUT2D eigenvalue weighted by molar-refractivity contribution is 0.0970. The molecule has 0 spiro atoms. The number of pyridine rings is 1. The molecule has 7 heteroatoms. The second kappa shape index (κ2) is 7.53. The molecule has 1 amide bonds. The van der Waals surface area contributed by atoms with Crippen molar-refractivity contribution >= 4 is 22.7 Å². The molecule has 1 aliphatic rings. The monoisotopic (exact) mass is 428 g/mol. The number of aryl methyl sites for hydroxylation is 1. The highest BCUT2D eigenvalue weighted by atomic mass is 16.5. The molecule has 0 N–H and O–H groups in total. The summed E-state index contributed by atoms with van der Waals surface area (Å²) in [5.74, 6) is 1.09. The summed E-state index contributed by atoms with van der Waals surface area (Å²) in [6.07, 6.45) is 0. The van der Waals surface area contributed by atoms with Crippen LogP contribution in [0.2, 0.25) is 0 Å². The lowest BCUT2D eigenvalue weighted by atomic mass is 9.98. The van der Waals surface area contributed by atoms with Crippen molar-refractivity contribution in [1.29, 1.82) is 0 Å². The average Bonchev–Trinajstić information content (AvgIpc) is 3.11. The van der Waals surface area contributed by atoms with Gasteiger partial charge in [0.2, 0.25) is 5.76 Å². The van der Waals surface area contributed by atoms with Crippen LogP contribution in [0.4, 0.5) is 5.82 Å². The van der Waals surface area contributed by atoms with Gasteiger partial charge in [-0.1, -0.05) is 24.3 Å². The second-order valence-electron chi connectivity index (χ2n) is 7.50. The Hall–Kier alpha value is -4.13. The third-order valence-electron chi connectivity index (χ3n) is 5.62. The molecule has 0 radical (unpaired) electrons. The molecule has 2 aromatic carbocycles. The van der Waals surface area contributed by atoms with Gasteiger partial charge in [-0.2, -0.15) is 0 Å². The van der Waals surface area contributed by atoms with Crippen LogP contribution < -0.4 is 19.8 Å². The molecule has 0 bridgehead atoms. The summed E-state index contributed by atoms with van der Waals surface area (Å²) in [5, 5.41) is 0.420. The fourth-order valence-corrected chi connectivity index (χ4v) is 4.16. The first-order valence-corrected chi connectivity index (χ1v) is 10.1. The van der Waals surface area contributed by atoms with Gasteiger partial charge in [-0.05, 0) is 48.9 Å². The summed E-state index contributed by atoms with van der Waals surface area (Å²) in [7, 11) is 3.09. The molecule has 0 saturated carbocycles. The molecular weight excluding hydrogens is 408 g/mol. The number of nitrogens with zero attached hydrogens (tertiary/aromatic N) is 2. The number of para-hydroxylation sites is 1. The molecule has 4 aromatic rings. The van der Waals surface area contributed by atoms with Crippen LogP contribution in [0, 0.1) is 6.92 Å². The zero-order valence-corrected chi connectivity index (χ0v) is 17.8. The number of benzene rings is 2. The standard InChI is InChI=1S/C25H20N2O5/c1-14-7-6-10-20(26-14)27-22(15-11-12-18(30-2)19(13-15)31-3)21-23(28)16-8-4-5-9-17(16)32-24(21)25(27)29/h4-13,22H,1-3H3/t22-/m1/s1. The molecule has 3 heterocycles. The van der Waals surface area contributed by atoms with Crippen molar-refractivity contribution in [3.05, 3.63) is 93.5 Å². The number of ether oxygens (including phenoxy) is 2. The fourth-order valence-electron chi connectivity index (χ4n) is 4.16. The van der Waals surface area contributed by atoms with Gasteiger partial charge in [-0.15, -0.1) is 0 Å². The van der Waals surface area contributed by atoms with Crippen molar-refractivity contribution in [3.63, 3.8) is 0 Å². The molecule has 2 aromatic heterocycles. The summed E-state index contributed by atoms with van der Waals surface area (Å²) in [6.45, 7) is 1.85. The summed E-state index contributed by atoms with van der Waals surface area (Å²) in [5.41, 5.74) is 1.84. The van der Waals surface area contributed by atoms with E-state index in [-0.39, 0.29) is 16.8 Å². The van der Waals surface area contributed by atoms with Gasteiger partial charge in [-0.25, -0.2) is 4.98 Å². The van der Waals surface area contributed by atoms with Crippen molar-refractivity contribution in [2.75, 3.05) is 19.1 Å². The molecule has 0 aliphatic carbocycles. The van der Waals surface area contributed by atoms with Gasteiger partial charge in [0.05, 0.1) is 31.2 Å². The average molecular weight is 428 g/mol. The summed E-state index contributed by atoms with van der Waals surface area (Å²) < 4.78 is 16.8. The number of hydrogen-bond acceptors (Lipinski definition) is 6. The third-order valence-corrected chi connectivity index (χ3v) is 5.62. The van der Waals surface area contributed by atoms with Gasteiger partial charge in [0, 0.05) is 5.69 Å². The minimum atomic E-state index is -0.729. The first-order valence-electron chi connectivity index (χ1n) is 10.1. The van der Waals surface area contributed by atoms with Crippen molar-refractivity contribution < 1.29 is 18.7 Å². The predicted molar refractivity (Wildman–Crippen MR) is 120 cm³/mol. The van der Waals surface area contributed by atoms with Gasteiger partial charge in [0.25, 0.3) is 5.91 Å². The molecule has 5 rings (SSSR count). The Balaban J connectivity index is 1.81. The maximum Gasteiger partial charge on any atom is 0.296 e. The van der Waals surface area contributed by atoms with E-state index in [4.69, 9.17) is 13.9 Å². The van der Waals surface area contributed by atoms with Crippen LogP contribution >= 0.6 is 0 Å². The first-order chi connectivity index (χ1) is 15.5. The molecule has 0 fully saturated rings. The number of rotatable bonds is 4. The van der Waals surface area contributed by atoms with Gasteiger partial charge >= 0.3 is 0 Å². The number of amides is 1. The molecule has 7 nitrogen and oxygen atoms in total. The van der Waals surface area contributed by atoms with Crippen molar-refractivity contribution in [2.24, 2.45) is 0 Å². The predicted octanol–water partition coefficient (Wildman–Crippen LogP) is 4.26. The first kappa shape index (κ1) is 19.8. The van der Waals surface area contributed by atoms with Crippen molar-refractivity contribution in [3.8, 4) is 11.5 Å². The van der Waals surface area contributed by atoms with E-state index in [0.29, 0.717) is 33.8 Å². The molecule has 160 valence electrons. The summed E-state index contributed by atoms with van der Waals surface area (Å²) in [6, 6.07) is 16.9. The van der Waals surface area contributed by atoms with Gasteiger partial charge < -0.3 is 13.9 Å².